The second-order valence-corrected chi connectivity index (χ2v) is 6.71. The van der Waals surface area contributed by atoms with Gasteiger partial charge in [-0.15, -0.1) is 0 Å². The molecule has 2 fully saturated rings. The van der Waals surface area contributed by atoms with E-state index in [0.717, 1.165) is 51.0 Å². The number of likely N-dealkylation sites (tertiary alicyclic amines) is 1. The molecule has 0 spiro atoms. The molecule has 0 radical (unpaired) electrons. The quantitative estimate of drug-likeness (QED) is 0.766. The summed E-state index contributed by atoms with van der Waals surface area (Å²) in [6.45, 7) is 3.23. The van der Waals surface area contributed by atoms with Crippen LogP contribution in [0.5, 0.6) is 0 Å². The highest BCUT2D eigenvalue weighted by atomic mass is 16.3. The van der Waals surface area contributed by atoms with Crippen molar-refractivity contribution in [1.29, 1.82) is 0 Å². The van der Waals surface area contributed by atoms with Crippen LogP contribution < -0.4 is 11.1 Å². The maximum atomic E-state index is 12.0. The number of anilines is 1. The maximum absolute atomic E-state index is 12.0. The zero-order chi connectivity index (χ0) is 15.6. The number of piperidine rings is 1. The molecule has 1 aliphatic heterocycles. The second-order valence-electron chi connectivity index (χ2n) is 6.71. The molecule has 5 nitrogen and oxygen atoms in total. The second kappa shape index (κ2) is 6.36. The van der Waals surface area contributed by atoms with E-state index in [-0.39, 0.29) is 5.91 Å². The van der Waals surface area contributed by atoms with Crippen molar-refractivity contribution in [3.8, 4) is 0 Å². The lowest BCUT2D eigenvalue weighted by molar-refractivity contribution is -0.118. The molecule has 1 amide bonds. The van der Waals surface area contributed by atoms with Crippen molar-refractivity contribution < 1.29 is 9.90 Å². The van der Waals surface area contributed by atoms with E-state index in [4.69, 9.17) is 5.73 Å². The van der Waals surface area contributed by atoms with Crippen LogP contribution in [0.1, 0.15) is 31.2 Å². The molecule has 1 heterocycles. The molecule has 22 heavy (non-hydrogen) atoms. The van der Waals surface area contributed by atoms with Gasteiger partial charge in [0.1, 0.15) is 0 Å². The summed E-state index contributed by atoms with van der Waals surface area (Å²) < 4.78 is 0. The Balaban J connectivity index is 1.56. The average molecular weight is 303 g/mol. The van der Waals surface area contributed by atoms with E-state index >= 15 is 0 Å². The maximum Gasteiger partial charge on any atom is 0.244 e. The minimum absolute atomic E-state index is 0.0755. The molecule has 1 saturated carbocycles. The van der Waals surface area contributed by atoms with Crippen molar-refractivity contribution >= 4 is 11.6 Å². The molecule has 1 saturated heterocycles. The molecule has 0 unspecified atom stereocenters. The fourth-order valence-electron chi connectivity index (χ4n) is 2.95. The first-order valence-corrected chi connectivity index (χ1v) is 8.11. The van der Waals surface area contributed by atoms with Crippen LogP contribution >= 0.6 is 0 Å². The van der Waals surface area contributed by atoms with E-state index in [1.807, 2.05) is 18.2 Å². The summed E-state index contributed by atoms with van der Waals surface area (Å²) >= 11 is 0. The van der Waals surface area contributed by atoms with Crippen molar-refractivity contribution in [2.75, 3.05) is 25.0 Å². The smallest absolute Gasteiger partial charge is 0.244 e. The van der Waals surface area contributed by atoms with Gasteiger partial charge in [-0.1, -0.05) is 12.1 Å². The number of aliphatic hydroxyl groups is 1. The van der Waals surface area contributed by atoms with Gasteiger partial charge in [-0.3, -0.25) is 9.69 Å². The average Bonchev–Trinajstić information content (AvgIpc) is 3.28. The van der Waals surface area contributed by atoms with E-state index in [9.17, 15) is 9.90 Å². The highest BCUT2D eigenvalue weighted by Gasteiger charge is 2.45. The van der Waals surface area contributed by atoms with Gasteiger partial charge in [0.25, 0.3) is 0 Å². The van der Waals surface area contributed by atoms with Gasteiger partial charge in [0.2, 0.25) is 5.91 Å². The van der Waals surface area contributed by atoms with Crippen LogP contribution in [0.25, 0.3) is 0 Å². The number of nitrogens with two attached hydrogens (primary N) is 1. The van der Waals surface area contributed by atoms with E-state index in [2.05, 4.69) is 16.3 Å². The molecular weight excluding hydrogens is 278 g/mol. The lowest BCUT2D eigenvalue weighted by Gasteiger charge is -2.31. The molecule has 0 bridgehead atoms. The minimum Gasteiger partial charge on any atom is -0.396 e. The molecule has 1 aliphatic carbocycles. The van der Waals surface area contributed by atoms with Crippen molar-refractivity contribution in [3.63, 3.8) is 0 Å². The van der Waals surface area contributed by atoms with Crippen LogP contribution in [-0.4, -0.2) is 41.1 Å². The molecule has 2 aliphatic rings. The Kier molecular flexibility index (Phi) is 4.47. The van der Waals surface area contributed by atoms with Gasteiger partial charge >= 0.3 is 0 Å². The van der Waals surface area contributed by atoms with Gasteiger partial charge in [0.05, 0.1) is 5.54 Å². The van der Waals surface area contributed by atoms with Gasteiger partial charge in [-0.05, 0) is 62.4 Å². The van der Waals surface area contributed by atoms with Crippen molar-refractivity contribution in [2.24, 2.45) is 11.7 Å². The summed E-state index contributed by atoms with van der Waals surface area (Å²) in [6, 6.07) is 8.00. The fraction of sp³-hybridized carbons (Fsp3) is 0.588. The van der Waals surface area contributed by atoms with Gasteiger partial charge < -0.3 is 16.2 Å². The Morgan fingerprint density at radius 2 is 2.09 bits per heavy atom. The number of amides is 1. The highest BCUT2D eigenvalue weighted by Crippen LogP contribution is 2.33. The molecule has 5 heteroatoms. The summed E-state index contributed by atoms with van der Waals surface area (Å²) in [5, 5.41) is 12.1. The van der Waals surface area contributed by atoms with Gasteiger partial charge in [-0.25, -0.2) is 0 Å². The number of hydrogen-bond donors (Lipinski definition) is 3. The van der Waals surface area contributed by atoms with E-state index in [0.29, 0.717) is 12.5 Å². The lowest BCUT2D eigenvalue weighted by Crippen LogP contribution is -2.37. The first kappa shape index (κ1) is 15.5. The normalized spacial score (nSPS) is 21.5. The van der Waals surface area contributed by atoms with Gasteiger partial charge in [0.15, 0.2) is 0 Å². The van der Waals surface area contributed by atoms with Gasteiger partial charge in [0, 0.05) is 18.8 Å². The predicted molar refractivity (Wildman–Crippen MR) is 86.3 cm³/mol. The summed E-state index contributed by atoms with van der Waals surface area (Å²) in [5.41, 5.74) is 7.29. The van der Waals surface area contributed by atoms with Gasteiger partial charge in [-0.2, -0.15) is 0 Å². The Morgan fingerprint density at radius 1 is 1.36 bits per heavy atom. The summed E-state index contributed by atoms with van der Waals surface area (Å²) in [7, 11) is 0. The Morgan fingerprint density at radius 3 is 2.73 bits per heavy atom. The predicted octanol–water partition coefficient (Wildman–Crippen LogP) is 1.32. The minimum atomic E-state index is -0.637. The number of aliphatic hydroxyl groups excluding tert-OH is 1. The molecule has 3 rings (SSSR count). The summed E-state index contributed by atoms with van der Waals surface area (Å²) in [4.78, 5) is 14.4. The monoisotopic (exact) mass is 303 g/mol. The number of nitrogens with zero attached hydrogens (tertiary/aromatic N) is 1. The van der Waals surface area contributed by atoms with Crippen molar-refractivity contribution in [2.45, 2.75) is 37.8 Å². The first-order chi connectivity index (χ1) is 10.6. The number of benzene rings is 1. The number of carbonyl (C=O) groups is 1. The summed E-state index contributed by atoms with van der Waals surface area (Å²) in [6.07, 6.45) is 3.67. The van der Waals surface area contributed by atoms with Crippen LogP contribution in [0.4, 0.5) is 5.69 Å². The Hall–Kier alpha value is -1.43. The summed E-state index contributed by atoms with van der Waals surface area (Å²) in [5.74, 6) is 0.384. The number of hydrogen-bond acceptors (Lipinski definition) is 4. The molecular formula is C17H25N3O2. The van der Waals surface area contributed by atoms with Crippen LogP contribution in [0.2, 0.25) is 0 Å². The third-order valence-electron chi connectivity index (χ3n) is 4.80. The van der Waals surface area contributed by atoms with Crippen molar-refractivity contribution in [1.82, 2.24) is 4.90 Å². The highest BCUT2D eigenvalue weighted by molar-refractivity contribution is 6.00. The van der Waals surface area contributed by atoms with Crippen LogP contribution in [0.3, 0.4) is 0 Å². The molecule has 0 aromatic heterocycles. The molecule has 1 aromatic rings. The molecule has 4 N–H and O–H groups in total. The van der Waals surface area contributed by atoms with Crippen LogP contribution in [0, 0.1) is 5.92 Å². The topological polar surface area (TPSA) is 78.6 Å². The largest absolute Gasteiger partial charge is 0.396 e. The number of rotatable bonds is 5. The molecule has 120 valence electrons. The number of carbonyl (C=O) groups excluding carboxylic acids is 1. The van der Waals surface area contributed by atoms with E-state index in [1.54, 1.807) is 0 Å². The molecule has 0 atom stereocenters. The third kappa shape index (κ3) is 3.66. The first-order valence-electron chi connectivity index (χ1n) is 8.11. The lowest BCUT2D eigenvalue weighted by atomic mass is 9.97. The zero-order valence-corrected chi connectivity index (χ0v) is 12.9. The van der Waals surface area contributed by atoms with Crippen molar-refractivity contribution in [3.05, 3.63) is 29.8 Å². The Bertz CT molecular complexity index is 534. The Labute approximate surface area is 131 Å². The zero-order valence-electron chi connectivity index (χ0n) is 12.9. The number of nitrogens with one attached hydrogen (secondary N) is 1. The van der Waals surface area contributed by atoms with E-state index in [1.165, 1.54) is 5.56 Å². The SMILES string of the molecule is NC1(C(=O)Nc2cccc(CN3CCC(CO)CC3)c2)CC1. The third-order valence-corrected chi connectivity index (χ3v) is 4.80. The van der Waals surface area contributed by atoms with Crippen LogP contribution in [0.15, 0.2) is 24.3 Å². The standard InChI is InChI=1S/C17H25N3O2/c18-17(6-7-17)16(22)19-15-3-1-2-14(10-15)11-20-8-4-13(12-21)5-9-20/h1-3,10,13,21H,4-9,11-12,18H2,(H,19,22). The molecule has 1 aromatic carbocycles. The van der Waals surface area contributed by atoms with E-state index < -0.39 is 5.54 Å². The van der Waals surface area contributed by atoms with Crippen LogP contribution in [-0.2, 0) is 11.3 Å². The fourth-order valence-corrected chi connectivity index (χ4v) is 2.95.